The van der Waals surface area contributed by atoms with E-state index < -0.39 is 0 Å². The lowest BCUT2D eigenvalue weighted by Gasteiger charge is -2.18. The van der Waals surface area contributed by atoms with E-state index >= 15 is 0 Å². The molecule has 1 aliphatic heterocycles. The Morgan fingerprint density at radius 1 is 1.00 bits per heavy atom. The van der Waals surface area contributed by atoms with Gasteiger partial charge in [0.1, 0.15) is 18.2 Å². The van der Waals surface area contributed by atoms with Gasteiger partial charge in [-0.3, -0.25) is 4.79 Å². The monoisotopic (exact) mass is 439 g/mol. The van der Waals surface area contributed by atoms with Crippen LogP contribution in [0.15, 0.2) is 72.8 Å². The minimum Gasteiger partial charge on any atom is -0.491 e. The van der Waals surface area contributed by atoms with Crippen molar-refractivity contribution in [2.24, 2.45) is 0 Å². The van der Waals surface area contributed by atoms with E-state index in [9.17, 15) is 4.79 Å². The van der Waals surface area contributed by atoms with Gasteiger partial charge in [-0.05, 0) is 48.7 Å². The van der Waals surface area contributed by atoms with Crippen LogP contribution in [-0.4, -0.2) is 33.5 Å². The number of hydrogen-bond donors (Lipinski definition) is 0. The standard InChI is InChI=1S/C28H29N3O2/c1-20-12-13-21(2)26(16-20)33-15-14-31-25-11-7-6-10-24(25)29-28(31)23-17-27(32)30(19-23)18-22-8-4-3-5-9-22/h3-13,16,23H,14-15,17-19H2,1-2H3. The fourth-order valence-corrected chi connectivity index (χ4v) is 4.65. The highest BCUT2D eigenvalue weighted by atomic mass is 16.5. The van der Waals surface area contributed by atoms with Gasteiger partial charge in [-0.2, -0.15) is 0 Å². The van der Waals surface area contributed by atoms with E-state index in [2.05, 4.69) is 54.8 Å². The summed E-state index contributed by atoms with van der Waals surface area (Å²) >= 11 is 0. The van der Waals surface area contributed by atoms with Crippen molar-refractivity contribution in [1.29, 1.82) is 0 Å². The summed E-state index contributed by atoms with van der Waals surface area (Å²) in [6.45, 7) is 6.71. The van der Waals surface area contributed by atoms with Crippen LogP contribution in [0, 0.1) is 13.8 Å². The molecule has 1 atom stereocenters. The molecule has 0 radical (unpaired) electrons. The zero-order valence-electron chi connectivity index (χ0n) is 19.2. The summed E-state index contributed by atoms with van der Waals surface area (Å²) in [6, 6.07) is 24.6. The highest BCUT2D eigenvalue weighted by Crippen LogP contribution is 2.31. The van der Waals surface area contributed by atoms with Crippen LogP contribution in [-0.2, 0) is 17.9 Å². The number of fused-ring (bicyclic) bond motifs is 1. The first kappa shape index (κ1) is 21.3. The van der Waals surface area contributed by atoms with Gasteiger partial charge in [-0.25, -0.2) is 4.98 Å². The van der Waals surface area contributed by atoms with Crippen molar-refractivity contribution in [3.05, 3.63) is 95.3 Å². The number of para-hydroxylation sites is 2. The molecule has 0 aliphatic carbocycles. The Balaban J connectivity index is 1.36. The summed E-state index contributed by atoms with van der Waals surface area (Å²) < 4.78 is 8.39. The van der Waals surface area contributed by atoms with Crippen LogP contribution >= 0.6 is 0 Å². The molecule has 4 aromatic rings. The predicted octanol–water partition coefficient (Wildman–Crippen LogP) is 5.25. The maximum Gasteiger partial charge on any atom is 0.223 e. The number of benzene rings is 3. The van der Waals surface area contributed by atoms with Gasteiger partial charge in [-0.15, -0.1) is 0 Å². The number of ether oxygens (including phenoxy) is 1. The first-order valence-corrected chi connectivity index (χ1v) is 11.6. The summed E-state index contributed by atoms with van der Waals surface area (Å²) in [4.78, 5) is 19.7. The van der Waals surface area contributed by atoms with E-state index in [-0.39, 0.29) is 11.8 Å². The highest BCUT2D eigenvalue weighted by Gasteiger charge is 2.34. The summed E-state index contributed by atoms with van der Waals surface area (Å²) in [5.74, 6) is 2.17. The first-order valence-electron chi connectivity index (χ1n) is 11.6. The SMILES string of the molecule is Cc1ccc(C)c(OCCn2c(C3CC(=O)N(Cc4ccccc4)C3)nc3ccccc32)c1. The molecular weight excluding hydrogens is 410 g/mol. The summed E-state index contributed by atoms with van der Waals surface area (Å²) in [5.41, 5.74) is 5.53. The van der Waals surface area contributed by atoms with Gasteiger partial charge in [0, 0.05) is 25.4 Å². The molecule has 1 saturated heterocycles. The Morgan fingerprint density at radius 2 is 1.79 bits per heavy atom. The zero-order chi connectivity index (χ0) is 22.8. The number of aryl methyl sites for hydroxylation is 2. The molecule has 2 heterocycles. The van der Waals surface area contributed by atoms with Crippen LogP contribution in [0.25, 0.3) is 11.0 Å². The lowest BCUT2D eigenvalue weighted by molar-refractivity contribution is -0.128. The maximum atomic E-state index is 12.8. The lowest BCUT2D eigenvalue weighted by Crippen LogP contribution is -2.24. The van der Waals surface area contributed by atoms with Crippen LogP contribution in [0.3, 0.4) is 0 Å². The summed E-state index contributed by atoms with van der Waals surface area (Å²) in [5, 5.41) is 0. The van der Waals surface area contributed by atoms with Crippen molar-refractivity contribution in [2.45, 2.75) is 39.3 Å². The third-order valence-corrected chi connectivity index (χ3v) is 6.40. The van der Waals surface area contributed by atoms with E-state index in [1.165, 1.54) is 5.56 Å². The number of likely N-dealkylation sites (tertiary alicyclic amines) is 1. The quantitative estimate of drug-likeness (QED) is 0.395. The third kappa shape index (κ3) is 4.49. The number of rotatable bonds is 7. The Hall–Kier alpha value is -3.60. The predicted molar refractivity (Wildman–Crippen MR) is 130 cm³/mol. The van der Waals surface area contributed by atoms with Gasteiger partial charge in [0.05, 0.1) is 17.6 Å². The fourth-order valence-electron chi connectivity index (χ4n) is 4.65. The number of imidazole rings is 1. The molecule has 3 aromatic carbocycles. The van der Waals surface area contributed by atoms with Crippen molar-refractivity contribution in [2.75, 3.05) is 13.2 Å². The van der Waals surface area contributed by atoms with Crippen LogP contribution < -0.4 is 4.74 Å². The molecule has 1 aliphatic rings. The topological polar surface area (TPSA) is 47.4 Å². The molecule has 1 unspecified atom stereocenters. The van der Waals surface area contributed by atoms with Crippen LogP contribution in [0.1, 0.15) is 34.9 Å². The fraction of sp³-hybridized carbons (Fsp3) is 0.286. The Kier molecular flexibility index (Phi) is 5.86. The zero-order valence-corrected chi connectivity index (χ0v) is 19.2. The molecule has 1 fully saturated rings. The van der Waals surface area contributed by atoms with Gasteiger partial charge < -0.3 is 14.2 Å². The van der Waals surface area contributed by atoms with E-state index in [1.54, 1.807) is 0 Å². The van der Waals surface area contributed by atoms with Crippen LogP contribution in [0.5, 0.6) is 5.75 Å². The van der Waals surface area contributed by atoms with Crippen molar-refractivity contribution >= 4 is 16.9 Å². The molecular formula is C28H29N3O2. The number of hydrogen-bond acceptors (Lipinski definition) is 3. The third-order valence-electron chi connectivity index (χ3n) is 6.40. The molecule has 5 rings (SSSR count). The Labute approximate surface area is 194 Å². The molecule has 5 heteroatoms. The number of nitrogens with zero attached hydrogens (tertiary/aromatic N) is 3. The van der Waals surface area contributed by atoms with Gasteiger partial charge in [0.25, 0.3) is 0 Å². The molecule has 0 spiro atoms. The molecule has 5 nitrogen and oxygen atoms in total. The molecule has 0 bridgehead atoms. The van der Waals surface area contributed by atoms with Crippen LogP contribution in [0.2, 0.25) is 0 Å². The number of aromatic nitrogens is 2. The summed E-state index contributed by atoms with van der Waals surface area (Å²) in [6.07, 6.45) is 0.494. The van der Waals surface area contributed by atoms with E-state index in [0.29, 0.717) is 32.7 Å². The smallest absolute Gasteiger partial charge is 0.223 e. The number of carbonyl (C=O) groups is 1. The maximum absolute atomic E-state index is 12.8. The molecule has 0 N–H and O–H groups in total. The van der Waals surface area contributed by atoms with Crippen molar-refractivity contribution in [3.8, 4) is 5.75 Å². The van der Waals surface area contributed by atoms with E-state index in [0.717, 1.165) is 33.7 Å². The second kappa shape index (κ2) is 9.10. The molecule has 0 saturated carbocycles. The van der Waals surface area contributed by atoms with Crippen molar-refractivity contribution in [3.63, 3.8) is 0 Å². The van der Waals surface area contributed by atoms with Gasteiger partial charge in [0.2, 0.25) is 5.91 Å². The van der Waals surface area contributed by atoms with Gasteiger partial charge in [0.15, 0.2) is 0 Å². The average Bonchev–Trinajstić information content (AvgIpc) is 3.37. The number of amides is 1. The molecule has 33 heavy (non-hydrogen) atoms. The van der Waals surface area contributed by atoms with Gasteiger partial charge >= 0.3 is 0 Å². The highest BCUT2D eigenvalue weighted by molar-refractivity contribution is 5.81. The normalized spacial score (nSPS) is 16.0. The average molecular weight is 440 g/mol. The van der Waals surface area contributed by atoms with Gasteiger partial charge in [-0.1, -0.05) is 54.6 Å². The molecule has 1 amide bonds. The van der Waals surface area contributed by atoms with E-state index in [4.69, 9.17) is 9.72 Å². The lowest BCUT2D eigenvalue weighted by atomic mass is 10.1. The molecule has 1 aromatic heterocycles. The minimum absolute atomic E-state index is 0.0781. The second-order valence-corrected chi connectivity index (χ2v) is 8.89. The Bertz CT molecular complexity index is 1280. The van der Waals surface area contributed by atoms with Crippen molar-refractivity contribution < 1.29 is 9.53 Å². The van der Waals surface area contributed by atoms with Crippen molar-refractivity contribution in [1.82, 2.24) is 14.5 Å². The van der Waals surface area contributed by atoms with Crippen LogP contribution in [0.4, 0.5) is 0 Å². The molecule has 168 valence electrons. The number of carbonyl (C=O) groups excluding carboxylic acids is 1. The largest absolute Gasteiger partial charge is 0.491 e. The summed E-state index contributed by atoms with van der Waals surface area (Å²) in [7, 11) is 0. The van der Waals surface area contributed by atoms with E-state index in [1.807, 2.05) is 41.3 Å². The Morgan fingerprint density at radius 3 is 2.64 bits per heavy atom. The minimum atomic E-state index is 0.0781. The second-order valence-electron chi connectivity index (χ2n) is 8.89. The first-order chi connectivity index (χ1) is 16.1.